The van der Waals surface area contributed by atoms with E-state index < -0.39 is 17.4 Å². The van der Waals surface area contributed by atoms with E-state index in [0.29, 0.717) is 34.3 Å². The Kier molecular flexibility index (Phi) is 4.81. The van der Waals surface area contributed by atoms with Gasteiger partial charge in [-0.2, -0.15) is 0 Å². The number of hydrogen-bond donors (Lipinski definition) is 3. The fourth-order valence-corrected chi connectivity index (χ4v) is 3.72. The van der Waals surface area contributed by atoms with Gasteiger partial charge in [0.25, 0.3) is 17.4 Å². The van der Waals surface area contributed by atoms with E-state index in [1.807, 2.05) is 13.8 Å². The van der Waals surface area contributed by atoms with Gasteiger partial charge in [0.15, 0.2) is 5.78 Å². The van der Waals surface area contributed by atoms with E-state index in [1.165, 1.54) is 6.07 Å². The highest BCUT2D eigenvalue weighted by Gasteiger charge is 2.32. The van der Waals surface area contributed by atoms with Gasteiger partial charge < -0.3 is 9.55 Å². The number of fused-ring (bicyclic) bond motifs is 1. The zero-order valence-corrected chi connectivity index (χ0v) is 16.7. The molecule has 3 rings (SSSR count). The molecule has 0 bridgehead atoms. The Morgan fingerprint density at radius 1 is 1.15 bits per heavy atom. The first-order valence-corrected chi connectivity index (χ1v) is 9.09. The molecule has 0 saturated heterocycles. The zero-order chi connectivity index (χ0) is 19.9. The lowest BCUT2D eigenvalue weighted by molar-refractivity contribution is 0.0840. The first-order valence-electron chi connectivity index (χ1n) is 8.29. The maximum absolute atomic E-state index is 12.3. The molecule has 3 N–H and O–H groups in total. The summed E-state index contributed by atoms with van der Waals surface area (Å²) >= 11 is 3.26. The van der Waals surface area contributed by atoms with Crippen molar-refractivity contribution in [1.82, 2.24) is 20.4 Å². The van der Waals surface area contributed by atoms with E-state index in [4.69, 9.17) is 0 Å². The van der Waals surface area contributed by atoms with E-state index >= 15 is 0 Å². The van der Waals surface area contributed by atoms with E-state index in [2.05, 4.69) is 31.8 Å². The molecule has 8 nitrogen and oxygen atoms in total. The minimum Gasteiger partial charge on any atom is -0.345 e. The number of aromatic nitrogens is 2. The standard InChI is InChI=1S/C18H19BrN4O4/c1-18(2)6-12-10(14(24)7-18)5-11(15(25)20-12)16(26)21-22-17(27)13-4-9(19)8-23(13)3/h4-5,8H,6-7H2,1-3H3,(H,20,25)(H,21,26)(H,22,27). The van der Waals surface area contributed by atoms with Crippen LogP contribution in [0.3, 0.4) is 0 Å². The average molecular weight is 435 g/mol. The number of aromatic amines is 1. The predicted octanol–water partition coefficient (Wildman–Crippen LogP) is 1.71. The molecule has 9 heteroatoms. The molecule has 0 fully saturated rings. The highest BCUT2D eigenvalue weighted by Crippen LogP contribution is 2.33. The molecule has 27 heavy (non-hydrogen) atoms. The molecule has 1 aliphatic rings. The summed E-state index contributed by atoms with van der Waals surface area (Å²) in [5.74, 6) is -1.45. The van der Waals surface area contributed by atoms with Gasteiger partial charge >= 0.3 is 0 Å². The third-order valence-electron chi connectivity index (χ3n) is 4.46. The number of nitrogens with one attached hydrogen (secondary N) is 3. The summed E-state index contributed by atoms with van der Waals surface area (Å²) in [4.78, 5) is 51.7. The number of Topliss-reactive ketones (excluding diaryl/α,β-unsaturated/α-hetero) is 1. The van der Waals surface area contributed by atoms with Gasteiger partial charge in [-0.3, -0.25) is 30.0 Å². The second kappa shape index (κ2) is 6.80. The van der Waals surface area contributed by atoms with Crippen LogP contribution in [0.1, 0.15) is 57.2 Å². The molecule has 142 valence electrons. The minimum absolute atomic E-state index is 0.121. The molecule has 0 atom stereocenters. The van der Waals surface area contributed by atoms with Crippen LogP contribution in [0.15, 0.2) is 27.6 Å². The number of carbonyl (C=O) groups is 3. The van der Waals surface area contributed by atoms with Gasteiger partial charge in [-0.05, 0) is 39.9 Å². The molecule has 0 radical (unpaired) electrons. The van der Waals surface area contributed by atoms with E-state index in [1.54, 1.807) is 23.9 Å². The largest absolute Gasteiger partial charge is 0.345 e. The maximum atomic E-state index is 12.3. The molecule has 2 amide bonds. The highest BCUT2D eigenvalue weighted by atomic mass is 79.9. The number of ketones is 1. The van der Waals surface area contributed by atoms with Crippen molar-refractivity contribution in [2.45, 2.75) is 26.7 Å². The van der Waals surface area contributed by atoms with Gasteiger partial charge in [0, 0.05) is 35.4 Å². The number of amides is 2. The van der Waals surface area contributed by atoms with Crippen LogP contribution >= 0.6 is 15.9 Å². The SMILES string of the molecule is Cn1cc(Br)cc1C(=O)NNC(=O)c1cc2c([nH]c1=O)CC(C)(C)CC2=O. The van der Waals surface area contributed by atoms with Gasteiger partial charge in [0.05, 0.1) is 0 Å². The minimum atomic E-state index is -0.793. The molecule has 0 aromatic carbocycles. The van der Waals surface area contributed by atoms with Crippen molar-refractivity contribution in [3.8, 4) is 0 Å². The molecular weight excluding hydrogens is 416 g/mol. The maximum Gasteiger partial charge on any atom is 0.286 e. The number of halogens is 1. The Morgan fingerprint density at radius 3 is 2.44 bits per heavy atom. The Labute approximate surface area is 163 Å². The van der Waals surface area contributed by atoms with E-state index in [0.717, 1.165) is 0 Å². The number of rotatable bonds is 2. The summed E-state index contributed by atoms with van der Waals surface area (Å²) in [6, 6.07) is 2.89. The highest BCUT2D eigenvalue weighted by molar-refractivity contribution is 9.10. The second-order valence-electron chi connectivity index (χ2n) is 7.41. The number of carbonyl (C=O) groups excluding carboxylic acids is 3. The molecule has 1 aliphatic carbocycles. The van der Waals surface area contributed by atoms with Gasteiger partial charge in [0.1, 0.15) is 11.3 Å². The number of aryl methyl sites for hydroxylation is 1. The molecule has 2 heterocycles. The first-order chi connectivity index (χ1) is 12.6. The van der Waals surface area contributed by atoms with Crippen molar-refractivity contribution in [2.75, 3.05) is 0 Å². The van der Waals surface area contributed by atoms with Gasteiger partial charge in [0.2, 0.25) is 0 Å². The monoisotopic (exact) mass is 434 g/mol. The van der Waals surface area contributed by atoms with Crippen molar-refractivity contribution in [2.24, 2.45) is 12.5 Å². The summed E-state index contributed by atoms with van der Waals surface area (Å²) in [6.07, 6.45) is 2.58. The van der Waals surface area contributed by atoms with Crippen LogP contribution in [0.2, 0.25) is 0 Å². The van der Waals surface area contributed by atoms with Crippen LogP contribution in [0.5, 0.6) is 0 Å². The van der Waals surface area contributed by atoms with Crippen LogP contribution in [-0.4, -0.2) is 27.1 Å². The lowest BCUT2D eigenvalue weighted by atomic mass is 9.75. The quantitative estimate of drug-likeness (QED) is 0.624. The Balaban J connectivity index is 1.79. The smallest absolute Gasteiger partial charge is 0.286 e. The predicted molar refractivity (Wildman–Crippen MR) is 102 cm³/mol. The van der Waals surface area contributed by atoms with E-state index in [9.17, 15) is 19.2 Å². The lowest BCUT2D eigenvalue weighted by Crippen LogP contribution is -2.44. The number of hydrogen-bond acceptors (Lipinski definition) is 4. The summed E-state index contributed by atoms with van der Waals surface area (Å²) < 4.78 is 2.30. The van der Waals surface area contributed by atoms with Gasteiger partial charge in [-0.15, -0.1) is 0 Å². The Bertz CT molecular complexity index is 1020. The molecule has 0 aliphatic heterocycles. The van der Waals surface area contributed by atoms with Crippen molar-refractivity contribution in [3.63, 3.8) is 0 Å². The zero-order valence-electron chi connectivity index (χ0n) is 15.1. The summed E-state index contributed by atoms with van der Waals surface area (Å²) in [5, 5.41) is 0. The van der Waals surface area contributed by atoms with Crippen molar-refractivity contribution in [3.05, 3.63) is 55.7 Å². The molecule has 2 aromatic heterocycles. The third kappa shape index (κ3) is 3.87. The summed E-state index contributed by atoms with van der Waals surface area (Å²) in [5.41, 5.74) is 4.61. The first kappa shape index (κ1) is 19.1. The average Bonchev–Trinajstić information content (AvgIpc) is 2.89. The molecule has 0 unspecified atom stereocenters. The van der Waals surface area contributed by atoms with Crippen LogP contribution in [0.4, 0.5) is 0 Å². The summed E-state index contributed by atoms with van der Waals surface area (Å²) in [7, 11) is 1.68. The van der Waals surface area contributed by atoms with Crippen LogP contribution < -0.4 is 16.4 Å². The van der Waals surface area contributed by atoms with Gasteiger partial charge in [-0.1, -0.05) is 13.8 Å². The normalized spacial score (nSPS) is 15.2. The third-order valence-corrected chi connectivity index (χ3v) is 4.89. The topological polar surface area (TPSA) is 113 Å². The summed E-state index contributed by atoms with van der Waals surface area (Å²) in [6.45, 7) is 3.90. The van der Waals surface area contributed by atoms with Gasteiger partial charge in [-0.25, -0.2) is 0 Å². The molecule has 0 saturated carbocycles. The second-order valence-corrected chi connectivity index (χ2v) is 8.32. The van der Waals surface area contributed by atoms with Crippen molar-refractivity contribution < 1.29 is 14.4 Å². The fourth-order valence-electron chi connectivity index (χ4n) is 3.19. The number of nitrogens with zero attached hydrogens (tertiary/aromatic N) is 1. The Hall–Kier alpha value is -2.68. The fraction of sp³-hybridized carbons (Fsp3) is 0.333. The molecule has 2 aromatic rings. The van der Waals surface area contributed by atoms with Crippen molar-refractivity contribution in [1.29, 1.82) is 0 Å². The van der Waals surface area contributed by atoms with E-state index in [-0.39, 0.29) is 16.8 Å². The molecular formula is C18H19BrN4O4. The number of H-pyrrole nitrogens is 1. The number of hydrazine groups is 1. The van der Waals surface area contributed by atoms with Crippen LogP contribution in [0, 0.1) is 5.41 Å². The number of pyridine rings is 1. The lowest BCUT2D eigenvalue weighted by Gasteiger charge is -2.29. The van der Waals surface area contributed by atoms with Crippen LogP contribution in [0.25, 0.3) is 0 Å². The van der Waals surface area contributed by atoms with Crippen LogP contribution in [-0.2, 0) is 13.5 Å². The Morgan fingerprint density at radius 2 is 1.81 bits per heavy atom. The van der Waals surface area contributed by atoms with Crippen molar-refractivity contribution >= 4 is 33.5 Å². The molecule has 0 spiro atoms.